The van der Waals surface area contributed by atoms with Crippen LogP contribution in [0.15, 0.2) is 35.4 Å². The molecular formula is C20H20ClFN4O2. The minimum absolute atomic E-state index is 0.202. The number of carbonyl (C=O) groups excluding carboxylic acids is 1. The maximum absolute atomic E-state index is 13.2. The van der Waals surface area contributed by atoms with Crippen LogP contribution in [0.25, 0.3) is 10.9 Å². The molecule has 0 saturated heterocycles. The Kier molecular flexibility index (Phi) is 4.71. The summed E-state index contributed by atoms with van der Waals surface area (Å²) in [5.74, 6) is -0.814. The van der Waals surface area contributed by atoms with Gasteiger partial charge in [0.25, 0.3) is 5.56 Å². The summed E-state index contributed by atoms with van der Waals surface area (Å²) in [5.41, 5.74) is 2.02. The molecule has 1 saturated carbocycles. The van der Waals surface area contributed by atoms with Crippen LogP contribution in [-0.4, -0.2) is 20.3 Å². The molecule has 1 amide bonds. The maximum atomic E-state index is 13.2. The highest BCUT2D eigenvalue weighted by Gasteiger charge is 2.26. The molecule has 8 heteroatoms. The molecule has 0 aliphatic heterocycles. The predicted octanol–water partition coefficient (Wildman–Crippen LogP) is 3.51. The molecule has 1 aliphatic carbocycles. The van der Waals surface area contributed by atoms with Crippen molar-refractivity contribution in [2.24, 2.45) is 0 Å². The van der Waals surface area contributed by atoms with Crippen molar-refractivity contribution in [2.45, 2.75) is 45.3 Å². The molecule has 0 radical (unpaired) electrons. The van der Waals surface area contributed by atoms with Gasteiger partial charge in [-0.25, -0.2) is 9.07 Å². The second-order valence-electron chi connectivity index (χ2n) is 7.27. The number of benzene rings is 1. The van der Waals surface area contributed by atoms with E-state index in [9.17, 15) is 14.0 Å². The van der Waals surface area contributed by atoms with E-state index in [2.05, 4.69) is 15.0 Å². The normalized spacial score (nSPS) is 15.0. The highest BCUT2D eigenvalue weighted by Crippen LogP contribution is 2.37. The fourth-order valence-electron chi connectivity index (χ4n) is 3.51. The lowest BCUT2D eigenvalue weighted by Gasteiger charge is -2.16. The Balaban J connectivity index is 1.54. The number of fused-ring (bicyclic) bond motifs is 1. The van der Waals surface area contributed by atoms with Crippen molar-refractivity contribution in [3.05, 3.63) is 62.9 Å². The van der Waals surface area contributed by atoms with Gasteiger partial charge in [0.2, 0.25) is 5.91 Å². The first-order valence-corrected chi connectivity index (χ1v) is 9.54. The summed E-state index contributed by atoms with van der Waals surface area (Å²) in [5, 5.41) is 7.80. The molecule has 0 spiro atoms. The lowest BCUT2D eigenvalue weighted by atomic mass is 10.1. The summed E-state index contributed by atoms with van der Waals surface area (Å²) in [6, 6.07) is 4.03. The van der Waals surface area contributed by atoms with E-state index in [1.165, 1.54) is 22.9 Å². The monoisotopic (exact) mass is 402 g/mol. The van der Waals surface area contributed by atoms with Crippen molar-refractivity contribution in [3.8, 4) is 0 Å². The number of hydrogen-bond acceptors (Lipinski definition) is 3. The highest BCUT2D eigenvalue weighted by molar-refractivity contribution is 6.31. The van der Waals surface area contributed by atoms with Gasteiger partial charge in [-0.15, -0.1) is 0 Å². The SMILES string of the molecule is Cc1cn(C2CC2)c2cnn(CC(=O)NC(C)c3ccc(F)cc3Cl)c(=O)c12. The molecule has 1 aromatic carbocycles. The Labute approximate surface area is 165 Å². The van der Waals surface area contributed by atoms with Crippen LogP contribution in [0.3, 0.4) is 0 Å². The van der Waals surface area contributed by atoms with Crippen molar-refractivity contribution < 1.29 is 9.18 Å². The number of nitrogens with zero attached hydrogens (tertiary/aromatic N) is 3. The quantitative estimate of drug-likeness (QED) is 0.710. The summed E-state index contributed by atoms with van der Waals surface area (Å²) >= 11 is 6.05. The zero-order chi connectivity index (χ0) is 20.0. The second-order valence-corrected chi connectivity index (χ2v) is 7.68. The minimum Gasteiger partial charge on any atom is -0.348 e. The summed E-state index contributed by atoms with van der Waals surface area (Å²) in [6.07, 6.45) is 5.85. The molecule has 0 bridgehead atoms. The van der Waals surface area contributed by atoms with Crippen molar-refractivity contribution in [1.82, 2.24) is 19.7 Å². The molecule has 1 fully saturated rings. The zero-order valence-electron chi connectivity index (χ0n) is 15.6. The van der Waals surface area contributed by atoms with Crippen LogP contribution in [0.1, 0.15) is 43.0 Å². The topological polar surface area (TPSA) is 68.9 Å². The number of carbonyl (C=O) groups is 1. The molecule has 1 N–H and O–H groups in total. The van der Waals surface area contributed by atoms with Crippen LogP contribution in [0.2, 0.25) is 5.02 Å². The Morgan fingerprint density at radius 1 is 1.43 bits per heavy atom. The van der Waals surface area contributed by atoms with E-state index in [0.717, 1.165) is 23.9 Å². The number of amides is 1. The Hall–Kier alpha value is -2.67. The first-order chi connectivity index (χ1) is 13.3. The number of halogens is 2. The first-order valence-electron chi connectivity index (χ1n) is 9.16. The molecule has 1 unspecified atom stereocenters. The van der Waals surface area contributed by atoms with E-state index in [4.69, 9.17) is 11.6 Å². The molecule has 6 nitrogen and oxygen atoms in total. The van der Waals surface area contributed by atoms with Gasteiger partial charge in [0.1, 0.15) is 12.4 Å². The number of nitrogens with one attached hydrogen (secondary N) is 1. The molecule has 3 aromatic rings. The number of aromatic nitrogens is 3. The van der Waals surface area contributed by atoms with Crippen LogP contribution in [0.5, 0.6) is 0 Å². The molecule has 4 rings (SSSR count). The fourth-order valence-corrected chi connectivity index (χ4v) is 3.84. The third-order valence-electron chi connectivity index (χ3n) is 5.07. The van der Waals surface area contributed by atoms with Gasteiger partial charge in [0, 0.05) is 17.3 Å². The molecule has 1 aliphatic rings. The Morgan fingerprint density at radius 2 is 2.18 bits per heavy atom. The smallest absolute Gasteiger partial charge is 0.276 e. The number of aryl methyl sites for hydroxylation is 1. The van der Waals surface area contributed by atoms with Gasteiger partial charge in [-0.1, -0.05) is 17.7 Å². The predicted molar refractivity (Wildman–Crippen MR) is 105 cm³/mol. The average Bonchev–Trinajstić information content (AvgIpc) is 3.41. The van der Waals surface area contributed by atoms with Gasteiger partial charge in [0.15, 0.2) is 0 Å². The van der Waals surface area contributed by atoms with E-state index in [1.807, 2.05) is 13.1 Å². The summed E-state index contributed by atoms with van der Waals surface area (Å²) in [4.78, 5) is 25.3. The van der Waals surface area contributed by atoms with Crippen LogP contribution in [0.4, 0.5) is 4.39 Å². The van der Waals surface area contributed by atoms with Gasteiger partial charge in [-0.2, -0.15) is 5.10 Å². The lowest BCUT2D eigenvalue weighted by Crippen LogP contribution is -2.35. The van der Waals surface area contributed by atoms with Gasteiger partial charge >= 0.3 is 0 Å². The van der Waals surface area contributed by atoms with Gasteiger partial charge in [-0.05, 0) is 49.9 Å². The number of hydrogen-bond donors (Lipinski definition) is 1. The lowest BCUT2D eigenvalue weighted by molar-refractivity contribution is -0.122. The van der Waals surface area contributed by atoms with Gasteiger partial charge in [-0.3, -0.25) is 9.59 Å². The molecule has 2 aromatic heterocycles. The summed E-state index contributed by atoms with van der Waals surface area (Å²) in [7, 11) is 0. The zero-order valence-corrected chi connectivity index (χ0v) is 16.3. The van der Waals surface area contributed by atoms with Crippen molar-refractivity contribution in [2.75, 3.05) is 0 Å². The molecule has 2 heterocycles. The highest BCUT2D eigenvalue weighted by atomic mass is 35.5. The van der Waals surface area contributed by atoms with E-state index >= 15 is 0 Å². The third-order valence-corrected chi connectivity index (χ3v) is 5.40. The average molecular weight is 403 g/mol. The van der Waals surface area contributed by atoms with Crippen molar-refractivity contribution in [1.29, 1.82) is 0 Å². The molecule has 28 heavy (non-hydrogen) atoms. The van der Waals surface area contributed by atoms with Crippen LogP contribution < -0.4 is 10.9 Å². The standard InChI is InChI=1S/C20H20ClFN4O2/c1-11-9-25(14-4-5-14)17-8-23-26(20(28)19(11)17)10-18(27)24-12(2)15-6-3-13(22)7-16(15)21/h3,6-9,12,14H,4-5,10H2,1-2H3,(H,24,27). The largest absolute Gasteiger partial charge is 0.348 e. The van der Waals surface area contributed by atoms with Gasteiger partial charge in [0.05, 0.1) is 23.1 Å². The van der Waals surface area contributed by atoms with Gasteiger partial charge < -0.3 is 9.88 Å². The van der Waals surface area contributed by atoms with Crippen molar-refractivity contribution >= 4 is 28.4 Å². The van der Waals surface area contributed by atoms with E-state index in [-0.39, 0.29) is 23.0 Å². The van der Waals surface area contributed by atoms with Crippen LogP contribution >= 0.6 is 11.6 Å². The van der Waals surface area contributed by atoms with Crippen LogP contribution in [0, 0.1) is 12.7 Å². The van der Waals surface area contributed by atoms with E-state index < -0.39 is 11.9 Å². The molecular weight excluding hydrogens is 383 g/mol. The van der Waals surface area contributed by atoms with Crippen LogP contribution in [-0.2, 0) is 11.3 Å². The first kappa shape index (κ1) is 18.7. The van der Waals surface area contributed by atoms with E-state index in [1.54, 1.807) is 13.1 Å². The molecule has 1 atom stereocenters. The van der Waals surface area contributed by atoms with Crippen molar-refractivity contribution in [3.63, 3.8) is 0 Å². The molecule has 146 valence electrons. The van der Waals surface area contributed by atoms with E-state index in [0.29, 0.717) is 17.0 Å². The third kappa shape index (κ3) is 3.42. The summed E-state index contributed by atoms with van der Waals surface area (Å²) < 4.78 is 16.5. The summed E-state index contributed by atoms with van der Waals surface area (Å²) in [6.45, 7) is 3.44. The Morgan fingerprint density at radius 3 is 2.86 bits per heavy atom. The second kappa shape index (κ2) is 7.05. The minimum atomic E-state index is -0.440. The fraction of sp³-hybridized carbons (Fsp3) is 0.350. The Bertz CT molecular complexity index is 1130. The maximum Gasteiger partial charge on any atom is 0.276 e. The number of rotatable bonds is 5.